The number of hydrogen-bond donors (Lipinski definition) is 1. The first-order valence-corrected chi connectivity index (χ1v) is 7.49. The molecule has 2 aromatic heterocycles. The van der Waals surface area contributed by atoms with Crippen LogP contribution in [0, 0.1) is 0 Å². The lowest BCUT2D eigenvalue weighted by Crippen LogP contribution is -2.47. The smallest absolute Gasteiger partial charge is 0.219 e. The van der Waals surface area contributed by atoms with Crippen LogP contribution in [0.15, 0.2) is 35.0 Å². The predicted molar refractivity (Wildman–Crippen MR) is 85.1 cm³/mol. The quantitative estimate of drug-likeness (QED) is 0.786. The molecule has 1 fully saturated rings. The van der Waals surface area contributed by atoms with Crippen molar-refractivity contribution in [2.24, 2.45) is 5.73 Å². The van der Waals surface area contributed by atoms with Gasteiger partial charge in [0.1, 0.15) is 17.4 Å². The first kappa shape index (κ1) is 14.0. The van der Waals surface area contributed by atoms with Crippen molar-refractivity contribution in [3.05, 3.63) is 30.6 Å². The molecule has 7 heteroatoms. The van der Waals surface area contributed by atoms with Crippen LogP contribution in [0.1, 0.15) is 6.42 Å². The molecule has 7 nitrogen and oxygen atoms in total. The van der Waals surface area contributed by atoms with Crippen molar-refractivity contribution >= 4 is 33.8 Å². The molecule has 1 aliphatic rings. The molecule has 1 amide bonds. The monoisotopic (exact) mass is 312 g/mol. The van der Waals surface area contributed by atoms with Crippen LogP contribution in [-0.2, 0) is 9.53 Å². The molecule has 4 rings (SSSR count). The minimum Gasteiger partial charge on any atom is -0.450 e. The Morgan fingerprint density at radius 2 is 2.22 bits per heavy atom. The number of furan rings is 1. The summed E-state index contributed by atoms with van der Waals surface area (Å²) in [4.78, 5) is 22.1. The highest BCUT2D eigenvalue weighted by atomic mass is 16.5. The lowest BCUT2D eigenvalue weighted by Gasteiger charge is -2.35. The minimum absolute atomic E-state index is 0.146. The molecule has 1 aromatic carbocycles. The molecule has 0 saturated carbocycles. The van der Waals surface area contributed by atoms with Crippen molar-refractivity contribution in [1.82, 2.24) is 9.97 Å². The van der Waals surface area contributed by atoms with Gasteiger partial charge in [-0.2, -0.15) is 0 Å². The molecule has 1 aliphatic heterocycles. The highest BCUT2D eigenvalue weighted by Gasteiger charge is 2.28. The zero-order chi connectivity index (χ0) is 15.8. The number of para-hydroxylation sites is 1. The molecular weight excluding hydrogens is 296 g/mol. The summed E-state index contributed by atoms with van der Waals surface area (Å²) in [6, 6.07) is 7.60. The molecule has 3 heterocycles. The van der Waals surface area contributed by atoms with Crippen LogP contribution < -0.4 is 10.6 Å². The molecule has 1 atom stereocenters. The number of ether oxygens (including phenoxy) is 1. The first-order chi connectivity index (χ1) is 11.2. The Kier molecular flexibility index (Phi) is 3.34. The van der Waals surface area contributed by atoms with E-state index in [-0.39, 0.29) is 18.4 Å². The highest BCUT2D eigenvalue weighted by molar-refractivity contribution is 6.05. The van der Waals surface area contributed by atoms with Crippen molar-refractivity contribution in [2.75, 3.05) is 24.7 Å². The summed E-state index contributed by atoms with van der Waals surface area (Å²) in [6.07, 6.45) is 1.74. The van der Waals surface area contributed by atoms with Gasteiger partial charge in [-0.05, 0) is 12.1 Å². The lowest BCUT2D eigenvalue weighted by atomic mass is 10.1. The van der Waals surface area contributed by atoms with E-state index in [2.05, 4.69) is 9.97 Å². The summed E-state index contributed by atoms with van der Waals surface area (Å²) in [5.74, 6) is 0.321. The molecule has 1 unspecified atom stereocenters. The van der Waals surface area contributed by atoms with Crippen LogP contribution in [0.4, 0.5) is 5.82 Å². The maximum absolute atomic E-state index is 11.3. The molecule has 0 aliphatic carbocycles. The third-order valence-electron chi connectivity index (χ3n) is 4.08. The average Bonchev–Trinajstić information content (AvgIpc) is 2.94. The second-order valence-corrected chi connectivity index (χ2v) is 5.57. The average molecular weight is 312 g/mol. The summed E-state index contributed by atoms with van der Waals surface area (Å²) >= 11 is 0. The maximum atomic E-state index is 11.3. The maximum Gasteiger partial charge on any atom is 0.219 e. The molecule has 1 saturated heterocycles. The fourth-order valence-electron chi connectivity index (χ4n) is 3.05. The van der Waals surface area contributed by atoms with E-state index in [0.29, 0.717) is 31.2 Å². The van der Waals surface area contributed by atoms with Gasteiger partial charge in [-0.1, -0.05) is 12.1 Å². The number of anilines is 1. The summed E-state index contributed by atoms with van der Waals surface area (Å²) in [5, 5.41) is 0.950. The third kappa shape index (κ3) is 2.39. The van der Waals surface area contributed by atoms with E-state index in [4.69, 9.17) is 14.9 Å². The topological polar surface area (TPSA) is 94.5 Å². The number of primary amides is 1. The number of carbonyl (C=O) groups excluding carboxylic acids is 1. The fraction of sp³-hybridized carbons (Fsp3) is 0.312. The second kappa shape index (κ2) is 5.51. The Bertz CT molecular complexity index is 876. The summed E-state index contributed by atoms with van der Waals surface area (Å²) in [7, 11) is 0. The summed E-state index contributed by atoms with van der Waals surface area (Å²) in [6.45, 7) is 1.64. The minimum atomic E-state index is -0.361. The number of aromatic nitrogens is 2. The zero-order valence-corrected chi connectivity index (χ0v) is 12.4. The standard InChI is InChI=1S/C16H16N4O3/c17-13(21)7-10-8-22-6-5-20(10)16-15-14(18-9-19-16)11-3-1-2-4-12(11)23-15/h1-4,9-10H,5-8H2,(H2,17,21). The van der Waals surface area contributed by atoms with Gasteiger partial charge in [0, 0.05) is 18.4 Å². The third-order valence-corrected chi connectivity index (χ3v) is 4.08. The van der Waals surface area contributed by atoms with Gasteiger partial charge in [-0.3, -0.25) is 4.79 Å². The number of carbonyl (C=O) groups is 1. The van der Waals surface area contributed by atoms with E-state index >= 15 is 0 Å². The molecule has 0 radical (unpaired) electrons. The van der Waals surface area contributed by atoms with Crippen LogP contribution >= 0.6 is 0 Å². The van der Waals surface area contributed by atoms with Crippen LogP contribution in [0.2, 0.25) is 0 Å². The van der Waals surface area contributed by atoms with E-state index in [9.17, 15) is 4.79 Å². The van der Waals surface area contributed by atoms with Crippen molar-refractivity contribution in [2.45, 2.75) is 12.5 Å². The van der Waals surface area contributed by atoms with Gasteiger partial charge in [0.05, 0.1) is 19.3 Å². The number of rotatable bonds is 3. The van der Waals surface area contributed by atoms with E-state index < -0.39 is 0 Å². The number of benzene rings is 1. The van der Waals surface area contributed by atoms with E-state index in [1.54, 1.807) is 0 Å². The molecule has 0 spiro atoms. The number of fused-ring (bicyclic) bond motifs is 3. The number of nitrogens with two attached hydrogens (primary N) is 1. The molecule has 0 bridgehead atoms. The van der Waals surface area contributed by atoms with Gasteiger partial charge in [0.2, 0.25) is 5.91 Å². The predicted octanol–water partition coefficient (Wildman–Crippen LogP) is 1.46. The Hall–Kier alpha value is -2.67. The zero-order valence-electron chi connectivity index (χ0n) is 12.4. The number of hydrogen-bond acceptors (Lipinski definition) is 6. The van der Waals surface area contributed by atoms with Gasteiger partial charge >= 0.3 is 0 Å². The van der Waals surface area contributed by atoms with Gasteiger partial charge in [-0.15, -0.1) is 0 Å². The summed E-state index contributed by atoms with van der Waals surface area (Å²) in [5.41, 5.74) is 7.53. The van der Waals surface area contributed by atoms with E-state index in [0.717, 1.165) is 16.5 Å². The first-order valence-electron chi connectivity index (χ1n) is 7.49. The molecule has 3 aromatic rings. The number of amides is 1. The second-order valence-electron chi connectivity index (χ2n) is 5.57. The molecule has 2 N–H and O–H groups in total. The Labute approximate surface area is 132 Å². The SMILES string of the molecule is NC(=O)CC1COCCN1c1ncnc2c1oc1ccccc12. The molecule has 118 valence electrons. The van der Waals surface area contributed by atoms with Crippen LogP contribution in [0.3, 0.4) is 0 Å². The fourth-order valence-corrected chi connectivity index (χ4v) is 3.05. The highest BCUT2D eigenvalue weighted by Crippen LogP contribution is 2.33. The van der Waals surface area contributed by atoms with Crippen molar-refractivity contribution in [1.29, 1.82) is 0 Å². The van der Waals surface area contributed by atoms with Crippen LogP contribution in [-0.4, -0.2) is 41.7 Å². The van der Waals surface area contributed by atoms with Gasteiger partial charge in [0.15, 0.2) is 11.4 Å². The van der Waals surface area contributed by atoms with Crippen molar-refractivity contribution in [3.8, 4) is 0 Å². The van der Waals surface area contributed by atoms with Gasteiger partial charge < -0.3 is 19.8 Å². The van der Waals surface area contributed by atoms with E-state index in [1.807, 2.05) is 29.2 Å². The van der Waals surface area contributed by atoms with Crippen LogP contribution in [0.25, 0.3) is 22.1 Å². The Morgan fingerprint density at radius 3 is 3.09 bits per heavy atom. The lowest BCUT2D eigenvalue weighted by molar-refractivity contribution is -0.118. The largest absolute Gasteiger partial charge is 0.450 e. The Morgan fingerprint density at radius 1 is 1.35 bits per heavy atom. The van der Waals surface area contributed by atoms with Crippen LogP contribution in [0.5, 0.6) is 0 Å². The van der Waals surface area contributed by atoms with Gasteiger partial charge in [-0.25, -0.2) is 9.97 Å². The molecule has 23 heavy (non-hydrogen) atoms. The van der Waals surface area contributed by atoms with Crippen molar-refractivity contribution < 1.29 is 13.9 Å². The van der Waals surface area contributed by atoms with Gasteiger partial charge in [0.25, 0.3) is 0 Å². The normalized spacial score (nSPS) is 18.6. The summed E-state index contributed by atoms with van der Waals surface area (Å²) < 4.78 is 11.4. The Balaban J connectivity index is 1.85. The number of nitrogens with zero attached hydrogens (tertiary/aromatic N) is 3. The van der Waals surface area contributed by atoms with Crippen molar-refractivity contribution in [3.63, 3.8) is 0 Å². The molecular formula is C16H16N4O3. The van der Waals surface area contributed by atoms with E-state index in [1.165, 1.54) is 6.33 Å². The number of morpholine rings is 1.